The van der Waals surface area contributed by atoms with Crippen molar-refractivity contribution in [1.82, 2.24) is 0 Å². The lowest BCUT2D eigenvalue weighted by molar-refractivity contribution is -0.0491. The van der Waals surface area contributed by atoms with E-state index in [2.05, 4.69) is 4.84 Å². The van der Waals surface area contributed by atoms with Crippen molar-refractivity contribution in [1.29, 1.82) is 0 Å². The molecule has 0 amide bonds. The van der Waals surface area contributed by atoms with Crippen LogP contribution in [0.25, 0.3) is 0 Å². The van der Waals surface area contributed by atoms with E-state index in [9.17, 15) is 0 Å². The summed E-state index contributed by atoms with van der Waals surface area (Å²) in [6.07, 6.45) is 1.50. The van der Waals surface area contributed by atoms with Crippen LogP contribution in [-0.2, 0) is 4.84 Å². The van der Waals surface area contributed by atoms with Gasteiger partial charge in [-0.15, -0.1) is 24.8 Å². The SMILES string of the molecule is CCC(N)(CC)ON.Cl.Cl. The highest BCUT2D eigenvalue weighted by Gasteiger charge is 2.18. The summed E-state index contributed by atoms with van der Waals surface area (Å²) in [6, 6.07) is 0. The van der Waals surface area contributed by atoms with Gasteiger partial charge in [0.25, 0.3) is 0 Å². The van der Waals surface area contributed by atoms with E-state index in [0.717, 1.165) is 12.8 Å². The van der Waals surface area contributed by atoms with Crippen molar-refractivity contribution < 1.29 is 4.84 Å². The van der Waals surface area contributed by atoms with Crippen LogP contribution in [0, 0.1) is 0 Å². The Morgan fingerprint density at radius 2 is 1.50 bits per heavy atom. The van der Waals surface area contributed by atoms with E-state index in [0.29, 0.717) is 0 Å². The summed E-state index contributed by atoms with van der Waals surface area (Å²) >= 11 is 0. The van der Waals surface area contributed by atoms with Gasteiger partial charge in [0.15, 0.2) is 0 Å². The smallest absolute Gasteiger partial charge is 0.136 e. The van der Waals surface area contributed by atoms with Gasteiger partial charge in [0, 0.05) is 0 Å². The lowest BCUT2D eigenvalue weighted by Gasteiger charge is -2.22. The number of rotatable bonds is 3. The van der Waals surface area contributed by atoms with Gasteiger partial charge in [-0.2, -0.15) is 0 Å². The summed E-state index contributed by atoms with van der Waals surface area (Å²) in [4.78, 5) is 4.51. The fourth-order valence-electron chi connectivity index (χ4n) is 0.417. The molecule has 3 nitrogen and oxygen atoms in total. The molecule has 0 unspecified atom stereocenters. The second kappa shape index (κ2) is 7.57. The third kappa shape index (κ3) is 5.26. The van der Waals surface area contributed by atoms with Gasteiger partial charge in [-0.3, -0.25) is 4.84 Å². The van der Waals surface area contributed by atoms with Crippen molar-refractivity contribution in [3.63, 3.8) is 0 Å². The average Bonchev–Trinajstić information content (AvgIpc) is 1.87. The molecule has 0 spiro atoms. The normalized spacial score (nSPS) is 9.60. The van der Waals surface area contributed by atoms with Crippen LogP contribution in [0.15, 0.2) is 0 Å². The van der Waals surface area contributed by atoms with Crippen molar-refractivity contribution in [2.75, 3.05) is 0 Å². The predicted octanol–water partition coefficient (Wildman–Crippen LogP) is 1.20. The fraction of sp³-hybridized carbons (Fsp3) is 1.00. The number of hydrogen-bond donors (Lipinski definition) is 2. The van der Waals surface area contributed by atoms with Crippen LogP contribution in [0.4, 0.5) is 0 Å². The van der Waals surface area contributed by atoms with Gasteiger partial charge in [-0.1, -0.05) is 13.8 Å². The minimum absolute atomic E-state index is 0. The molecule has 5 heteroatoms. The van der Waals surface area contributed by atoms with Gasteiger partial charge in [0.05, 0.1) is 0 Å². The highest BCUT2D eigenvalue weighted by molar-refractivity contribution is 5.85. The van der Waals surface area contributed by atoms with Crippen molar-refractivity contribution in [3.8, 4) is 0 Å². The minimum atomic E-state index is -0.597. The Balaban J connectivity index is -0.000000245. The second-order valence-electron chi connectivity index (χ2n) is 1.89. The Morgan fingerprint density at radius 3 is 1.50 bits per heavy atom. The molecule has 4 N–H and O–H groups in total. The molecule has 0 saturated heterocycles. The molecule has 10 heavy (non-hydrogen) atoms. The molecular formula is C5H16Cl2N2O. The molecule has 66 valence electrons. The molecule has 0 fully saturated rings. The van der Waals surface area contributed by atoms with Crippen LogP contribution < -0.4 is 11.6 Å². The van der Waals surface area contributed by atoms with Crippen LogP contribution in [0.3, 0.4) is 0 Å². The van der Waals surface area contributed by atoms with Crippen LogP contribution in [0.5, 0.6) is 0 Å². The molecule has 0 aliphatic rings. The van der Waals surface area contributed by atoms with Gasteiger partial charge in [0.2, 0.25) is 0 Å². The predicted molar refractivity (Wildman–Crippen MR) is 47.3 cm³/mol. The summed E-state index contributed by atoms with van der Waals surface area (Å²) in [5, 5.41) is 0. The van der Waals surface area contributed by atoms with Crippen molar-refractivity contribution >= 4 is 24.8 Å². The molecule has 0 saturated carbocycles. The average molecular weight is 191 g/mol. The maximum atomic E-state index is 5.55. The summed E-state index contributed by atoms with van der Waals surface area (Å²) in [6.45, 7) is 3.88. The van der Waals surface area contributed by atoms with Crippen LogP contribution in [-0.4, -0.2) is 5.72 Å². The Kier molecular flexibility index (Phi) is 12.7. The van der Waals surface area contributed by atoms with Gasteiger partial charge in [-0.25, -0.2) is 5.90 Å². The molecule has 0 heterocycles. The van der Waals surface area contributed by atoms with Crippen molar-refractivity contribution in [3.05, 3.63) is 0 Å². The van der Waals surface area contributed by atoms with Gasteiger partial charge < -0.3 is 5.73 Å². The molecule has 0 atom stereocenters. The van der Waals surface area contributed by atoms with E-state index >= 15 is 0 Å². The summed E-state index contributed by atoms with van der Waals surface area (Å²) in [7, 11) is 0. The van der Waals surface area contributed by atoms with Gasteiger partial charge in [0.1, 0.15) is 5.72 Å². The molecule has 0 aliphatic heterocycles. The second-order valence-corrected chi connectivity index (χ2v) is 1.89. The summed E-state index contributed by atoms with van der Waals surface area (Å²) in [5.74, 6) is 4.90. The third-order valence-electron chi connectivity index (χ3n) is 1.43. The maximum Gasteiger partial charge on any atom is 0.136 e. The van der Waals surface area contributed by atoms with Gasteiger partial charge >= 0.3 is 0 Å². The monoisotopic (exact) mass is 190 g/mol. The summed E-state index contributed by atoms with van der Waals surface area (Å²) in [5.41, 5.74) is 4.95. The van der Waals surface area contributed by atoms with E-state index in [-0.39, 0.29) is 24.8 Å². The van der Waals surface area contributed by atoms with Crippen LogP contribution in [0.2, 0.25) is 0 Å². The quantitative estimate of drug-likeness (QED) is 0.520. The van der Waals surface area contributed by atoms with Crippen molar-refractivity contribution in [2.24, 2.45) is 11.6 Å². The first kappa shape index (κ1) is 16.8. The van der Waals surface area contributed by atoms with E-state index in [1.54, 1.807) is 0 Å². The highest BCUT2D eigenvalue weighted by Crippen LogP contribution is 2.08. The zero-order valence-electron chi connectivity index (χ0n) is 6.29. The lowest BCUT2D eigenvalue weighted by Crippen LogP contribution is -2.43. The molecular weight excluding hydrogens is 175 g/mol. The molecule has 0 radical (unpaired) electrons. The third-order valence-corrected chi connectivity index (χ3v) is 1.43. The first-order chi connectivity index (χ1) is 3.68. The topological polar surface area (TPSA) is 61.3 Å². The molecule has 0 rings (SSSR count). The van der Waals surface area contributed by atoms with Crippen LogP contribution in [0.1, 0.15) is 26.7 Å². The molecule has 0 aliphatic carbocycles. The van der Waals surface area contributed by atoms with Gasteiger partial charge in [-0.05, 0) is 12.8 Å². The Morgan fingerprint density at radius 1 is 1.20 bits per heavy atom. The Labute approximate surface area is 74.3 Å². The van der Waals surface area contributed by atoms with E-state index < -0.39 is 5.72 Å². The van der Waals surface area contributed by atoms with E-state index in [1.807, 2.05) is 13.8 Å². The Bertz CT molecular complexity index is 60.4. The number of halogens is 2. The Hall–Kier alpha value is 0.460. The van der Waals surface area contributed by atoms with Crippen molar-refractivity contribution in [2.45, 2.75) is 32.4 Å². The van der Waals surface area contributed by atoms with Crippen LogP contribution >= 0.6 is 24.8 Å². The zero-order chi connectivity index (χ0) is 6.62. The first-order valence-corrected chi connectivity index (χ1v) is 2.85. The largest absolute Gasteiger partial charge is 0.302 e. The number of hydrogen-bond acceptors (Lipinski definition) is 3. The van der Waals surface area contributed by atoms with E-state index in [4.69, 9.17) is 11.6 Å². The highest BCUT2D eigenvalue weighted by atomic mass is 35.5. The molecule has 0 aromatic heterocycles. The van der Waals surface area contributed by atoms with E-state index in [1.165, 1.54) is 0 Å². The molecule has 0 bridgehead atoms. The fourth-order valence-corrected chi connectivity index (χ4v) is 0.417. The summed E-state index contributed by atoms with van der Waals surface area (Å²) < 4.78 is 0. The minimum Gasteiger partial charge on any atom is -0.302 e. The molecule has 0 aromatic rings. The zero-order valence-corrected chi connectivity index (χ0v) is 7.93. The molecule has 0 aromatic carbocycles. The standard InChI is InChI=1S/C5H14N2O.2ClH/c1-3-5(6,4-2)8-7;;/h3-4,6-7H2,1-2H3;2*1H. The first-order valence-electron chi connectivity index (χ1n) is 2.85. The lowest BCUT2D eigenvalue weighted by atomic mass is 10.1. The number of nitrogens with two attached hydrogens (primary N) is 2. The maximum absolute atomic E-state index is 5.55.